The fraction of sp³-hybridized carbons (Fsp3) is 0.133. The molecule has 0 saturated heterocycles. The molecule has 2 N–H and O–H groups in total. The summed E-state index contributed by atoms with van der Waals surface area (Å²) in [6.45, 7) is -0.212. The smallest absolute Gasteiger partial charge is 0.293 e. The molecule has 2 aromatic rings. The first-order valence-electron chi connectivity index (χ1n) is 6.31. The molecule has 6 heteroatoms. The molecule has 108 valence electrons. The van der Waals surface area contributed by atoms with Crippen LogP contribution in [0.1, 0.15) is 22.0 Å². The van der Waals surface area contributed by atoms with Gasteiger partial charge in [-0.05, 0) is 17.7 Å². The van der Waals surface area contributed by atoms with E-state index in [-0.39, 0.29) is 23.5 Å². The van der Waals surface area contributed by atoms with Crippen molar-refractivity contribution >= 4 is 17.7 Å². The van der Waals surface area contributed by atoms with Crippen LogP contribution in [0.2, 0.25) is 0 Å². The van der Waals surface area contributed by atoms with Crippen LogP contribution in [-0.4, -0.2) is 22.9 Å². The maximum Gasteiger partial charge on any atom is 0.293 e. The molecule has 0 heterocycles. The highest BCUT2D eigenvalue weighted by Gasteiger charge is 2.18. The molecule has 0 bridgehead atoms. The van der Waals surface area contributed by atoms with Crippen molar-refractivity contribution in [3.05, 3.63) is 69.8 Å². The van der Waals surface area contributed by atoms with Gasteiger partial charge in [-0.25, -0.2) is 0 Å². The van der Waals surface area contributed by atoms with Crippen LogP contribution in [0.4, 0.5) is 11.4 Å². The lowest BCUT2D eigenvalue weighted by Crippen LogP contribution is -2.15. The van der Waals surface area contributed by atoms with Crippen molar-refractivity contribution in [3.63, 3.8) is 0 Å². The Morgan fingerprint density at radius 2 is 1.95 bits per heavy atom. The summed E-state index contributed by atoms with van der Waals surface area (Å²) < 4.78 is 0. The lowest BCUT2D eigenvalue weighted by atomic mass is 10.1. The molecule has 0 amide bonds. The average Bonchev–Trinajstić information content (AvgIpc) is 2.53. The molecule has 0 radical (unpaired) electrons. The van der Waals surface area contributed by atoms with Gasteiger partial charge in [-0.15, -0.1) is 0 Å². The number of hydrogen-bond acceptors (Lipinski definition) is 5. The zero-order chi connectivity index (χ0) is 15.2. The predicted molar refractivity (Wildman–Crippen MR) is 78.4 cm³/mol. The summed E-state index contributed by atoms with van der Waals surface area (Å²) in [5.74, 6) is 0. The van der Waals surface area contributed by atoms with Crippen LogP contribution in [-0.2, 0) is 0 Å². The quantitative estimate of drug-likeness (QED) is 0.483. The minimum Gasteiger partial charge on any atom is -0.394 e. The first kappa shape index (κ1) is 14.7. The monoisotopic (exact) mass is 286 g/mol. The predicted octanol–water partition coefficient (Wildman–Crippen LogP) is 2.55. The van der Waals surface area contributed by atoms with Gasteiger partial charge in [0.15, 0.2) is 0 Å². The van der Waals surface area contributed by atoms with E-state index in [0.717, 1.165) is 5.56 Å². The summed E-state index contributed by atoms with van der Waals surface area (Å²) >= 11 is 0. The van der Waals surface area contributed by atoms with Gasteiger partial charge in [-0.2, -0.15) is 0 Å². The van der Waals surface area contributed by atoms with Crippen molar-refractivity contribution in [2.75, 3.05) is 11.9 Å². The molecule has 0 fully saturated rings. The SMILES string of the molecule is O=Cc1ccc(NC(CO)c2ccccc2)c([N+](=O)[O-])c1. The van der Waals surface area contributed by atoms with Crippen molar-refractivity contribution in [1.29, 1.82) is 0 Å². The number of aliphatic hydroxyl groups is 1. The summed E-state index contributed by atoms with van der Waals surface area (Å²) in [5, 5.41) is 23.5. The topological polar surface area (TPSA) is 92.5 Å². The number of aliphatic hydroxyl groups excluding tert-OH is 1. The van der Waals surface area contributed by atoms with E-state index >= 15 is 0 Å². The Morgan fingerprint density at radius 3 is 2.52 bits per heavy atom. The molecule has 0 aliphatic rings. The van der Waals surface area contributed by atoms with E-state index in [0.29, 0.717) is 6.29 Å². The lowest BCUT2D eigenvalue weighted by molar-refractivity contribution is -0.384. The fourth-order valence-corrected chi connectivity index (χ4v) is 2.00. The van der Waals surface area contributed by atoms with Crippen LogP contribution < -0.4 is 5.32 Å². The Labute approximate surface area is 121 Å². The largest absolute Gasteiger partial charge is 0.394 e. The number of nitro groups is 1. The molecule has 2 aromatic carbocycles. The van der Waals surface area contributed by atoms with E-state index in [9.17, 15) is 20.0 Å². The normalized spacial score (nSPS) is 11.7. The number of benzene rings is 2. The Balaban J connectivity index is 2.33. The number of nitro benzene ring substituents is 1. The van der Waals surface area contributed by atoms with Crippen LogP contribution in [0.5, 0.6) is 0 Å². The van der Waals surface area contributed by atoms with Gasteiger partial charge in [0.2, 0.25) is 0 Å². The Kier molecular flexibility index (Phi) is 4.63. The zero-order valence-corrected chi connectivity index (χ0v) is 11.1. The van der Waals surface area contributed by atoms with Gasteiger partial charge in [0.05, 0.1) is 17.6 Å². The number of rotatable bonds is 6. The standard InChI is InChI=1S/C15H14N2O4/c18-9-11-6-7-13(15(8-11)17(20)21)16-14(10-19)12-4-2-1-3-5-12/h1-9,14,16,19H,10H2. The maximum atomic E-state index is 11.1. The molecule has 0 saturated carbocycles. The lowest BCUT2D eigenvalue weighted by Gasteiger charge is -2.18. The van der Waals surface area contributed by atoms with Crippen molar-refractivity contribution in [2.24, 2.45) is 0 Å². The third-order valence-electron chi connectivity index (χ3n) is 3.07. The maximum absolute atomic E-state index is 11.1. The highest BCUT2D eigenvalue weighted by Crippen LogP contribution is 2.28. The first-order valence-corrected chi connectivity index (χ1v) is 6.31. The molecule has 6 nitrogen and oxygen atoms in total. The van der Waals surface area contributed by atoms with E-state index in [2.05, 4.69) is 5.32 Å². The Bertz CT molecular complexity index is 643. The number of hydrogen-bond donors (Lipinski definition) is 2. The van der Waals surface area contributed by atoms with Crippen molar-refractivity contribution in [3.8, 4) is 0 Å². The molecule has 0 spiro atoms. The molecule has 21 heavy (non-hydrogen) atoms. The summed E-state index contributed by atoms with van der Waals surface area (Å²) in [5.41, 5.74) is 1.10. The Hall–Kier alpha value is -2.73. The van der Waals surface area contributed by atoms with Crippen molar-refractivity contribution in [2.45, 2.75) is 6.04 Å². The molecule has 2 rings (SSSR count). The molecule has 0 aromatic heterocycles. The zero-order valence-electron chi connectivity index (χ0n) is 11.1. The third-order valence-corrected chi connectivity index (χ3v) is 3.07. The number of nitrogens with one attached hydrogen (secondary N) is 1. The fourth-order valence-electron chi connectivity index (χ4n) is 2.00. The van der Waals surface area contributed by atoms with Gasteiger partial charge in [-0.3, -0.25) is 14.9 Å². The van der Waals surface area contributed by atoms with Crippen LogP contribution in [0.15, 0.2) is 48.5 Å². The molecule has 1 atom stereocenters. The molecule has 0 aliphatic carbocycles. The molecular formula is C15H14N2O4. The third kappa shape index (κ3) is 3.43. The van der Waals surface area contributed by atoms with Gasteiger partial charge in [0.1, 0.15) is 12.0 Å². The first-order chi connectivity index (χ1) is 10.2. The van der Waals surface area contributed by atoms with Crippen LogP contribution in [0, 0.1) is 10.1 Å². The van der Waals surface area contributed by atoms with E-state index in [1.165, 1.54) is 18.2 Å². The van der Waals surface area contributed by atoms with E-state index in [1.807, 2.05) is 30.3 Å². The van der Waals surface area contributed by atoms with Gasteiger partial charge < -0.3 is 10.4 Å². The van der Waals surface area contributed by atoms with E-state index < -0.39 is 11.0 Å². The van der Waals surface area contributed by atoms with Gasteiger partial charge in [0, 0.05) is 11.6 Å². The Morgan fingerprint density at radius 1 is 1.24 bits per heavy atom. The summed E-state index contributed by atoms with van der Waals surface area (Å²) in [4.78, 5) is 21.2. The van der Waals surface area contributed by atoms with Gasteiger partial charge in [-0.1, -0.05) is 30.3 Å². The van der Waals surface area contributed by atoms with Crippen LogP contribution in [0.3, 0.4) is 0 Å². The minimum atomic E-state index is -0.561. The molecule has 0 aliphatic heterocycles. The number of carbonyl (C=O) groups excluding carboxylic acids is 1. The summed E-state index contributed by atoms with van der Waals surface area (Å²) in [6.07, 6.45) is 0.553. The number of aldehydes is 1. The number of anilines is 1. The number of carbonyl (C=O) groups is 1. The van der Waals surface area contributed by atoms with Crippen LogP contribution >= 0.6 is 0 Å². The average molecular weight is 286 g/mol. The minimum absolute atomic E-state index is 0.200. The highest BCUT2D eigenvalue weighted by molar-refractivity contribution is 5.79. The summed E-state index contributed by atoms with van der Waals surface area (Å²) in [7, 11) is 0. The second-order valence-corrected chi connectivity index (χ2v) is 4.44. The highest BCUT2D eigenvalue weighted by atomic mass is 16.6. The molecular weight excluding hydrogens is 272 g/mol. The number of nitrogens with zero attached hydrogens (tertiary/aromatic N) is 1. The summed E-state index contributed by atoms with van der Waals surface area (Å²) in [6, 6.07) is 12.8. The second-order valence-electron chi connectivity index (χ2n) is 4.44. The second kappa shape index (κ2) is 6.62. The van der Waals surface area contributed by atoms with E-state index in [4.69, 9.17) is 0 Å². The van der Waals surface area contributed by atoms with Gasteiger partial charge >= 0.3 is 0 Å². The molecule has 1 unspecified atom stereocenters. The van der Waals surface area contributed by atoms with Crippen LogP contribution in [0.25, 0.3) is 0 Å². The van der Waals surface area contributed by atoms with Crippen molar-refractivity contribution < 1.29 is 14.8 Å². The van der Waals surface area contributed by atoms with Gasteiger partial charge in [0.25, 0.3) is 5.69 Å². The van der Waals surface area contributed by atoms with Crippen molar-refractivity contribution in [1.82, 2.24) is 0 Å². The van der Waals surface area contributed by atoms with E-state index in [1.54, 1.807) is 0 Å².